The zero-order valence-electron chi connectivity index (χ0n) is 16.2. The van der Waals surface area contributed by atoms with E-state index in [0.717, 1.165) is 29.1 Å². The molecule has 2 aliphatic heterocycles. The van der Waals surface area contributed by atoms with E-state index in [-0.39, 0.29) is 11.9 Å². The average Bonchev–Trinajstić information content (AvgIpc) is 3.13. The fraction of sp³-hybridized carbons (Fsp3) is 0.450. The summed E-state index contributed by atoms with van der Waals surface area (Å²) in [6, 6.07) is 9.78. The van der Waals surface area contributed by atoms with E-state index in [1.165, 1.54) is 0 Å². The van der Waals surface area contributed by atoms with Crippen LogP contribution in [-0.4, -0.2) is 58.3 Å². The van der Waals surface area contributed by atoms with Gasteiger partial charge in [0.15, 0.2) is 6.10 Å². The van der Waals surface area contributed by atoms with Gasteiger partial charge in [-0.2, -0.15) is 5.10 Å². The highest BCUT2D eigenvalue weighted by molar-refractivity contribution is 5.81. The summed E-state index contributed by atoms with van der Waals surface area (Å²) in [6.07, 6.45) is 1.03. The third-order valence-electron chi connectivity index (χ3n) is 5.16. The number of aromatic nitrogens is 2. The Morgan fingerprint density at radius 1 is 1.29 bits per heavy atom. The number of para-hydroxylation sites is 1. The maximum absolute atomic E-state index is 12.5. The van der Waals surface area contributed by atoms with Gasteiger partial charge in [0.25, 0.3) is 5.91 Å². The molecule has 8 heteroatoms. The van der Waals surface area contributed by atoms with Gasteiger partial charge >= 0.3 is 6.03 Å². The van der Waals surface area contributed by atoms with Crippen molar-refractivity contribution in [1.82, 2.24) is 24.9 Å². The van der Waals surface area contributed by atoms with E-state index in [9.17, 15) is 9.59 Å². The number of ether oxygens (including phenoxy) is 1. The molecule has 2 aliphatic rings. The molecule has 0 fully saturated rings. The standard InChI is InChI=1S/C20H25N5O3/c1-23(2)20(27)24-9-10-25-16(13-24)11-15(22-25)12-21-19(26)18-8-7-14-5-3-4-6-17(14)28-18/h3-6,11,18H,7-10,12-13H2,1-2H3,(H,21,26)/t18-/m1/s1. The second-order valence-electron chi connectivity index (χ2n) is 7.42. The van der Waals surface area contributed by atoms with Gasteiger partial charge in [-0.05, 0) is 30.5 Å². The molecule has 2 aromatic rings. The molecule has 1 atom stereocenters. The molecule has 0 saturated heterocycles. The molecule has 3 heterocycles. The van der Waals surface area contributed by atoms with Crippen molar-refractivity contribution in [2.24, 2.45) is 0 Å². The van der Waals surface area contributed by atoms with Gasteiger partial charge in [-0.15, -0.1) is 0 Å². The molecular weight excluding hydrogens is 358 g/mol. The average molecular weight is 383 g/mol. The summed E-state index contributed by atoms with van der Waals surface area (Å²) in [4.78, 5) is 28.0. The quantitative estimate of drug-likeness (QED) is 0.869. The van der Waals surface area contributed by atoms with Crippen molar-refractivity contribution in [2.75, 3.05) is 20.6 Å². The number of carbonyl (C=O) groups excluding carboxylic acids is 2. The zero-order valence-corrected chi connectivity index (χ0v) is 16.2. The summed E-state index contributed by atoms with van der Waals surface area (Å²) >= 11 is 0. The van der Waals surface area contributed by atoms with E-state index in [0.29, 0.717) is 32.6 Å². The van der Waals surface area contributed by atoms with Gasteiger partial charge in [-0.25, -0.2) is 4.79 Å². The van der Waals surface area contributed by atoms with E-state index in [4.69, 9.17) is 4.74 Å². The molecule has 0 unspecified atom stereocenters. The number of aryl methyl sites for hydroxylation is 1. The number of hydrogen-bond acceptors (Lipinski definition) is 4. The first kappa shape index (κ1) is 18.3. The van der Waals surface area contributed by atoms with Crippen LogP contribution in [0, 0.1) is 0 Å². The van der Waals surface area contributed by atoms with E-state index < -0.39 is 6.10 Å². The molecule has 28 heavy (non-hydrogen) atoms. The van der Waals surface area contributed by atoms with Crippen LogP contribution in [0.15, 0.2) is 30.3 Å². The molecule has 148 valence electrons. The fourth-order valence-electron chi connectivity index (χ4n) is 3.66. The van der Waals surface area contributed by atoms with Crippen LogP contribution in [0.1, 0.15) is 23.4 Å². The van der Waals surface area contributed by atoms with Crippen LogP contribution in [0.2, 0.25) is 0 Å². The Morgan fingerprint density at radius 3 is 2.93 bits per heavy atom. The predicted octanol–water partition coefficient (Wildman–Crippen LogP) is 1.39. The number of rotatable bonds is 3. The molecule has 1 N–H and O–H groups in total. The van der Waals surface area contributed by atoms with Gasteiger partial charge < -0.3 is 19.9 Å². The van der Waals surface area contributed by atoms with Gasteiger partial charge in [0.2, 0.25) is 0 Å². The molecule has 8 nitrogen and oxygen atoms in total. The summed E-state index contributed by atoms with van der Waals surface area (Å²) < 4.78 is 7.75. The van der Waals surface area contributed by atoms with Crippen molar-refractivity contribution in [1.29, 1.82) is 0 Å². The number of nitrogens with zero attached hydrogens (tertiary/aromatic N) is 4. The molecule has 1 aromatic carbocycles. The van der Waals surface area contributed by atoms with Gasteiger partial charge in [0.1, 0.15) is 5.75 Å². The second kappa shape index (κ2) is 7.53. The third-order valence-corrected chi connectivity index (χ3v) is 5.16. The predicted molar refractivity (Wildman–Crippen MR) is 103 cm³/mol. The second-order valence-corrected chi connectivity index (χ2v) is 7.42. The van der Waals surface area contributed by atoms with Crippen molar-refractivity contribution < 1.29 is 14.3 Å². The van der Waals surface area contributed by atoms with Crippen molar-refractivity contribution in [2.45, 2.75) is 38.6 Å². The molecular formula is C20H25N5O3. The number of urea groups is 1. The normalized spacial score (nSPS) is 17.9. The molecule has 0 bridgehead atoms. The minimum Gasteiger partial charge on any atom is -0.480 e. The Hall–Kier alpha value is -3.03. The lowest BCUT2D eigenvalue weighted by molar-refractivity contribution is -0.128. The topological polar surface area (TPSA) is 79.7 Å². The molecule has 0 saturated carbocycles. The lowest BCUT2D eigenvalue weighted by atomic mass is 10.0. The maximum atomic E-state index is 12.5. The fourth-order valence-corrected chi connectivity index (χ4v) is 3.66. The van der Waals surface area contributed by atoms with Crippen molar-refractivity contribution in [3.63, 3.8) is 0 Å². The Kier molecular flexibility index (Phi) is 4.93. The largest absolute Gasteiger partial charge is 0.480 e. The molecule has 0 aliphatic carbocycles. The van der Waals surface area contributed by atoms with Crippen LogP contribution in [0.25, 0.3) is 0 Å². The first-order valence-electron chi connectivity index (χ1n) is 9.55. The highest BCUT2D eigenvalue weighted by atomic mass is 16.5. The Labute approximate surface area is 164 Å². The minimum atomic E-state index is -0.472. The van der Waals surface area contributed by atoms with Crippen LogP contribution >= 0.6 is 0 Å². The first-order valence-corrected chi connectivity index (χ1v) is 9.55. The summed E-state index contributed by atoms with van der Waals surface area (Å²) in [7, 11) is 3.50. The monoisotopic (exact) mass is 383 g/mol. The maximum Gasteiger partial charge on any atom is 0.319 e. The summed E-state index contributed by atoms with van der Waals surface area (Å²) in [5, 5.41) is 7.48. The Bertz CT molecular complexity index is 892. The summed E-state index contributed by atoms with van der Waals surface area (Å²) in [5.41, 5.74) is 2.91. The molecule has 0 radical (unpaired) electrons. The minimum absolute atomic E-state index is 0.00275. The van der Waals surface area contributed by atoms with Gasteiger partial charge in [0, 0.05) is 20.6 Å². The summed E-state index contributed by atoms with van der Waals surface area (Å²) in [6.45, 7) is 2.17. The third kappa shape index (κ3) is 3.67. The van der Waals surface area contributed by atoms with Gasteiger partial charge in [-0.1, -0.05) is 18.2 Å². The van der Waals surface area contributed by atoms with Crippen LogP contribution in [0.5, 0.6) is 5.75 Å². The highest BCUT2D eigenvalue weighted by Crippen LogP contribution is 2.27. The summed E-state index contributed by atoms with van der Waals surface area (Å²) in [5.74, 6) is 0.668. The smallest absolute Gasteiger partial charge is 0.319 e. The Balaban J connectivity index is 1.34. The SMILES string of the molecule is CN(C)C(=O)N1CCn2nc(CNC(=O)[C@H]3CCc4ccccc4O3)cc2C1. The van der Waals surface area contributed by atoms with Gasteiger partial charge in [0.05, 0.1) is 31.0 Å². The van der Waals surface area contributed by atoms with Crippen molar-refractivity contribution in [3.05, 3.63) is 47.3 Å². The first-order chi connectivity index (χ1) is 13.5. The van der Waals surface area contributed by atoms with E-state index in [1.54, 1.807) is 23.9 Å². The number of benzene rings is 1. The molecule has 4 rings (SSSR count). The van der Waals surface area contributed by atoms with Crippen molar-refractivity contribution >= 4 is 11.9 Å². The molecule has 0 spiro atoms. The number of amides is 3. The van der Waals surface area contributed by atoms with Crippen LogP contribution in [-0.2, 0) is 30.8 Å². The van der Waals surface area contributed by atoms with Crippen LogP contribution < -0.4 is 10.1 Å². The van der Waals surface area contributed by atoms with Gasteiger partial charge in [-0.3, -0.25) is 9.48 Å². The van der Waals surface area contributed by atoms with Crippen LogP contribution in [0.4, 0.5) is 4.79 Å². The van der Waals surface area contributed by atoms with E-state index in [2.05, 4.69) is 10.4 Å². The highest BCUT2D eigenvalue weighted by Gasteiger charge is 2.27. The van der Waals surface area contributed by atoms with E-state index >= 15 is 0 Å². The lowest BCUT2D eigenvalue weighted by Crippen LogP contribution is -2.43. The van der Waals surface area contributed by atoms with Crippen LogP contribution in [0.3, 0.4) is 0 Å². The molecule has 1 aromatic heterocycles. The number of carbonyl (C=O) groups is 2. The molecule has 3 amide bonds. The zero-order chi connectivity index (χ0) is 19.7. The lowest BCUT2D eigenvalue weighted by Gasteiger charge is -2.29. The van der Waals surface area contributed by atoms with Crippen molar-refractivity contribution in [3.8, 4) is 5.75 Å². The van der Waals surface area contributed by atoms with E-state index in [1.807, 2.05) is 35.0 Å². The Morgan fingerprint density at radius 2 is 2.11 bits per heavy atom. The number of hydrogen-bond donors (Lipinski definition) is 1. The number of nitrogens with one attached hydrogen (secondary N) is 1. The number of fused-ring (bicyclic) bond motifs is 2.